The van der Waals surface area contributed by atoms with Crippen LogP contribution in [-0.2, 0) is 19.4 Å². The van der Waals surface area contributed by atoms with Crippen LogP contribution in [0.3, 0.4) is 0 Å². The van der Waals surface area contributed by atoms with E-state index in [1.54, 1.807) is 0 Å². The molecule has 3 rings (SSSR count). The average molecular weight is 242 g/mol. The summed E-state index contributed by atoms with van der Waals surface area (Å²) < 4.78 is 0. The van der Waals surface area contributed by atoms with Crippen LogP contribution in [0.4, 0.5) is 0 Å². The Labute approximate surface area is 107 Å². The van der Waals surface area contributed by atoms with E-state index in [9.17, 15) is 0 Å². The zero-order valence-corrected chi connectivity index (χ0v) is 10.6. The number of aromatic amines is 1. The van der Waals surface area contributed by atoms with Gasteiger partial charge in [-0.15, -0.1) is 0 Å². The number of benzene rings is 1. The Morgan fingerprint density at radius 3 is 2.94 bits per heavy atom. The maximum Gasteiger partial charge on any atom is 0.167 e. The molecular weight excluding hydrogens is 224 g/mol. The number of rotatable bonds is 3. The zero-order chi connectivity index (χ0) is 12.4. The van der Waals surface area contributed by atoms with Crippen LogP contribution in [-0.4, -0.2) is 15.2 Å². The van der Waals surface area contributed by atoms with E-state index in [1.807, 2.05) is 0 Å². The quantitative estimate of drug-likeness (QED) is 0.867. The molecule has 1 aliphatic heterocycles. The van der Waals surface area contributed by atoms with Crippen molar-refractivity contribution in [3.8, 4) is 0 Å². The fraction of sp³-hybridized carbons (Fsp3) is 0.429. The first-order chi connectivity index (χ1) is 8.86. The maximum absolute atomic E-state index is 4.57. The van der Waals surface area contributed by atoms with Gasteiger partial charge in [-0.1, -0.05) is 31.2 Å². The zero-order valence-electron chi connectivity index (χ0n) is 10.6. The molecule has 0 radical (unpaired) electrons. The van der Waals surface area contributed by atoms with E-state index in [2.05, 4.69) is 51.7 Å². The van der Waals surface area contributed by atoms with Crippen molar-refractivity contribution in [1.29, 1.82) is 0 Å². The van der Waals surface area contributed by atoms with Gasteiger partial charge in [0, 0.05) is 13.0 Å². The Morgan fingerprint density at radius 1 is 1.28 bits per heavy atom. The lowest BCUT2D eigenvalue weighted by Crippen LogP contribution is -2.29. The molecule has 18 heavy (non-hydrogen) atoms. The lowest BCUT2D eigenvalue weighted by atomic mass is 9.96. The summed E-state index contributed by atoms with van der Waals surface area (Å²) in [7, 11) is 0. The molecule has 0 amide bonds. The lowest BCUT2D eigenvalue weighted by molar-refractivity contribution is 0.477. The molecule has 94 valence electrons. The third-order valence-corrected chi connectivity index (χ3v) is 3.43. The summed E-state index contributed by atoms with van der Waals surface area (Å²) in [5, 5.41) is 10.9. The maximum atomic E-state index is 4.57. The van der Waals surface area contributed by atoms with Gasteiger partial charge < -0.3 is 5.32 Å². The van der Waals surface area contributed by atoms with E-state index in [4.69, 9.17) is 0 Å². The SMILES string of the molecule is CCCc1nc([C@@H]2Cc3ccccc3CN2)n[nH]1. The summed E-state index contributed by atoms with van der Waals surface area (Å²) in [6.07, 6.45) is 3.03. The van der Waals surface area contributed by atoms with Crippen molar-refractivity contribution in [1.82, 2.24) is 20.5 Å². The van der Waals surface area contributed by atoms with E-state index in [1.165, 1.54) is 11.1 Å². The number of fused-ring (bicyclic) bond motifs is 1. The van der Waals surface area contributed by atoms with Gasteiger partial charge in [-0.05, 0) is 24.0 Å². The van der Waals surface area contributed by atoms with Gasteiger partial charge in [-0.3, -0.25) is 5.10 Å². The molecule has 0 fully saturated rings. The summed E-state index contributed by atoms with van der Waals surface area (Å²) in [5.74, 6) is 1.89. The molecule has 2 N–H and O–H groups in total. The van der Waals surface area contributed by atoms with Gasteiger partial charge in [-0.2, -0.15) is 5.10 Å². The minimum absolute atomic E-state index is 0.238. The molecular formula is C14H18N4. The van der Waals surface area contributed by atoms with Crippen molar-refractivity contribution in [2.45, 2.75) is 38.8 Å². The van der Waals surface area contributed by atoms with E-state index in [0.717, 1.165) is 37.5 Å². The molecule has 4 nitrogen and oxygen atoms in total. The standard InChI is InChI=1S/C14H18N4/c1-2-5-13-16-14(18-17-13)12-8-10-6-3-4-7-11(10)9-15-12/h3-4,6-7,12,15H,2,5,8-9H2,1H3,(H,16,17,18)/t12-/m0/s1. The molecule has 1 aliphatic rings. The van der Waals surface area contributed by atoms with Crippen LogP contribution in [0.15, 0.2) is 24.3 Å². The number of nitrogens with one attached hydrogen (secondary N) is 2. The van der Waals surface area contributed by atoms with Crippen molar-refractivity contribution in [2.75, 3.05) is 0 Å². The highest BCUT2D eigenvalue weighted by Crippen LogP contribution is 2.23. The Hall–Kier alpha value is -1.68. The van der Waals surface area contributed by atoms with Crippen molar-refractivity contribution in [3.63, 3.8) is 0 Å². The number of aromatic nitrogens is 3. The van der Waals surface area contributed by atoms with Gasteiger partial charge in [0.1, 0.15) is 5.82 Å². The largest absolute Gasteiger partial charge is 0.303 e. The Morgan fingerprint density at radius 2 is 2.11 bits per heavy atom. The Bertz CT molecular complexity index is 532. The van der Waals surface area contributed by atoms with Gasteiger partial charge in [0.25, 0.3) is 0 Å². The highest BCUT2D eigenvalue weighted by molar-refractivity contribution is 5.30. The first-order valence-corrected chi connectivity index (χ1v) is 6.58. The van der Waals surface area contributed by atoms with Gasteiger partial charge in [0.05, 0.1) is 6.04 Å². The third kappa shape index (κ3) is 2.16. The molecule has 2 aromatic rings. The van der Waals surface area contributed by atoms with Crippen LogP contribution < -0.4 is 5.32 Å². The van der Waals surface area contributed by atoms with Gasteiger partial charge in [0.2, 0.25) is 0 Å². The second-order valence-corrected chi connectivity index (χ2v) is 4.80. The van der Waals surface area contributed by atoms with Crippen LogP contribution in [0, 0.1) is 0 Å². The predicted octanol–water partition coefficient (Wildman–Crippen LogP) is 2.14. The monoisotopic (exact) mass is 242 g/mol. The molecule has 1 atom stereocenters. The molecule has 0 unspecified atom stereocenters. The van der Waals surface area contributed by atoms with Crippen LogP contribution in [0.5, 0.6) is 0 Å². The molecule has 1 aromatic heterocycles. The van der Waals surface area contributed by atoms with Crippen LogP contribution in [0.25, 0.3) is 0 Å². The fourth-order valence-corrected chi connectivity index (χ4v) is 2.45. The number of hydrogen-bond donors (Lipinski definition) is 2. The number of hydrogen-bond acceptors (Lipinski definition) is 3. The second kappa shape index (κ2) is 4.90. The number of nitrogens with zero attached hydrogens (tertiary/aromatic N) is 2. The van der Waals surface area contributed by atoms with E-state index in [0.29, 0.717) is 0 Å². The Balaban J connectivity index is 1.78. The summed E-state index contributed by atoms with van der Waals surface area (Å²) in [6.45, 7) is 3.05. The van der Waals surface area contributed by atoms with Gasteiger partial charge in [0.15, 0.2) is 5.82 Å². The molecule has 0 saturated heterocycles. The third-order valence-electron chi connectivity index (χ3n) is 3.43. The normalized spacial score (nSPS) is 18.6. The molecule has 2 heterocycles. The van der Waals surface area contributed by atoms with Crippen LogP contribution >= 0.6 is 0 Å². The number of H-pyrrole nitrogens is 1. The van der Waals surface area contributed by atoms with Crippen molar-refractivity contribution in [2.24, 2.45) is 0 Å². The van der Waals surface area contributed by atoms with Crippen LogP contribution in [0.2, 0.25) is 0 Å². The summed E-state index contributed by atoms with van der Waals surface area (Å²) in [4.78, 5) is 4.57. The topological polar surface area (TPSA) is 53.6 Å². The smallest absolute Gasteiger partial charge is 0.167 e. The second-order valence-electron chi connectivity index (χ2n) is 4.80. The first-order valence-electron chi connectivity index (χ1n) is 6.58. The van der Waals surface area contributed by atoms with Gasteiger partial charge in [-0.25, -0.2) is 4.98 Å². The first kappa shape index (κ1) is 11.4. The molecule has 4 heteroatoms. The molecule has 0 bridgehead atoms. The van der Waals surface area contributed by atoms with E-state index >= 15 is 0 Å². The minimum atomic E-state index is 0.238. The minimum Gasteiger partial charge on any atom is -0.303 e. The fourth-order valence-electron chi connectivity index (χ4n) is 2.45. The highest BCUT2D eigenvalue weighted by atomic mass is 15.2. The van der Waals surface area contributed by atoms with E-state index in [-0.39, 0.29) is 6.04 Å². The van der Waals surface area contributed by atoms with E-state index < -0.39 is 0 Å². The summed E-state index contributed by atoms with van der Waals surface area (Å²) in [5.41, 5.74) is 2.79. The average Bonchev–Trinajstić information content (AvgIpc) is 2.87. The van der Waals surface area contributed by atoms with Crippen molar-refractivity contribution < 1.29 is 0 Å². The molecule has 0 aliphatic carbocycles. The number of aryl methyl sites for hydroxylation is 1. The lowest BCUT2D eigenvalue weighted by Gasteiger charge is -2.23. The highest BCUT2D eigenvalue weighted by Gasteiger charge is 2.22. The van der Waals surface area contributed by atoms with Crippen molar-refractivity contribution in [3.05, 3.63) is 47.0 Å². The molecule has 0 spiro atoms. The van der Waals surface area contributed by atoms with Crippen molar-refractivity contribution >= 4 is 0 Å². The van der Waals surface area contributed by atoms with Gasteiger partial charge >= 0.3 is 0 Å². The molecule has 1 aromatic carbocycles. The molecule has 0 saturated carbocycles. The Kier molecular flexibility index (Phi) is 3.11. The summed E-state index contributed by atoms with van der Waals surface area (Å²) in [6, 6.07) is 8.80. The predicted molar refractivity (Wildman–Crippen MR) is 70.1 cm³/mol. The summed E-state index contributed by atoms with van der Waals surface area (Å²) >= 11 is 0. The van der Waals surface area contributed by atoms with Crippen LogP contribution in [0.1, 0.15) is 42.2 Å².